The van der Waals surface area contributed by atoms with Gasteiger partial charge in [-0.15, -0.1) is 0 Å². The monoisotopic (exact) mass is 1400 g/mol. The Hall–Kier alpha value is -8.44. The van der Waals surface area contributed by atoms with E-state index in [4.69, 9.17) is 71.1 Å². The molecule has 3 aliphatic heterocycles. The molecule has 0 spiro atoms. The van der Waals surface area contributed by atoms with E-state index in [0.29, 0.717) is 6.61 Å². The van der Waals surface area contributed by atoms with Gasteiger partial charge in [-0.25, -0.2) is 0 Å². The number of aliphatic hydroxyl groups excluding tert-OH is 1. The fraction of sp³-hybridized carbons (Fsp3) is 0.318. The molecule has 13 rings (SSSR count). The van der Waals surface area contributed by atoms with Crippen molar-refractivity contribution in [3.05, 3.63) is 359 Å². The van der Waals surface area contributed by atoms with Gasteiger partial charge in [-0.05, 0) is 55.6 Å². The van der Waals surface area contributed by atoms with Crippen LogP contribution in [0.1, 0.15) is 55.6 Å². The minimum absolute atomic E-state index is 0.103. The maximum atomic E-state index is 12.4. The fourth-order valence-corrected chi connectivity index (χ4v) is 13.2. The third-order valence-electron chi connectivity index (χ3n) is 18.6. The summed E-state index contributed by atoms with van der Waals surface area (Å²) in [7, 11) is 0. The van der Waals surface area contributed by atoms with Gasteiger partial charge in [0.25, 0.3) is 0 Å². The molecule has 10 aromatic rings. The molecule has 1 N–H and O–H groups in total. The van der Waals surface area contributed by atoms with Crippen molar-refractivity contribution in [3.63, 3.8) is 0 Å². The zero-order chi connectivity index (χ0) is 70.6. The lowest BCUT2D eigenvalue weighted by Crippen LogP contribution is -2.64. The Kier molecular flexibility index (Phi) is 28.1. The first kappa shape index (κ1) is 73.9. The Labute approximate surface area is 610 Å². The molecule has 540 valence electrons. The predicted molar refractivity (Wildman–Crippen MR) is 391 cm³/mol. The smallest absolute Gasteiger partial charge is 0.187 e. The average Bonchev–Trinajstić information content (AvgIpc) is 0.789. The van der Waals surface area contributed by atoms with Crippen molar-refractivity contribution in [2.24, 2.45) is 0 Å². The van der Waals surface area contributed by atoms with Gasteiger partial charge >= 0.3 is 0 Å². The topological polar surface area (TPSA) is 159 Å². The summed E-state index contributed by atoms with van der Waals surface area (Å²) in [5, 5.41) is 12.4. The average molecular weight is 1410 g/mol. The molecule has 104 heavy (non-hydrogen) atoms. The van der Waals surface area contributed by atoms with E-state index < -0.39 is 92.1 Å². The molecule has 0 aromatic heterocycles. The second kappa shape index (κ2) is 39.6. The van der Waals surface area contributed by atoms with Crippen LogP contribution in [0, 0.1) is 0 Å². The van der Waals surface area contributed by atoms with Crippen LogP contribution in [0.15, 0.2) is 303 Å². The lowest BCUT2D eigenvalue weighted by Gasteiger charge is -2.48. The summed E-state index contributed by atoms with van der Waals surface area (Å²) in [6, 6.07) is 99.5. The molecular formula is C88H92O16. The second-order valence-electron chi connectivity index (χ2n) is 26.2. The number of hydrogen-bond donors (Lipinski definition) is 1. The SMILES string of the molecule is O[C@H]1O[C@H](CO[C@H]2O[C@H](CO[C@H]3O[C@H](COCc4ccccc4)[C@@H](OCc4ccccc4)[C@H](OCc4ccccc4)[C@H]3OCc3ccccc3)[C@@H](OCc3ccccc3)[C@H](OCc3ccccc3)[C@H]2OCc2ccccc2)[C@@H](OCc2ccccc2)[C@H](OCc2ccccc2)[C@H]1OCc1ccccc1. The third-order valence-corrected chi connectivity index (χ3v) is 18.6. The van der Waals surface area contributed by atoms with Crippen LogP contribution in [0.3, 0.4) is 0 Å². The molecule has 0 amide bonds. The molecule has 0 bridgehead atoms. The Morgan fingerprint density at radius 1 is 0.192 bits per heavy atom. The van der Waals surface area contributed by atoms with E-state index in [1.807, 2.05) is 303 Å². The molecule has 3 heterocycles. The molecule has 0 aliphatic carbocycles. The van der Waals surface area contributed by atoms with E-state index in [-0.39, 0.29) is 79.3 Å². The molecule has 3 aliphatic rings. The van der Waals surface area contributed by atoms with Gasteiger partial charge < -0.3 is 76.2 Å². The van der Waals surface area contributed by atoms with Crippen LogP contribution in [0.2, 0.25) is 0 Å². The van der Waals surface area contributed by atoms with Crippen LogP contribution < -0.4 is 0 Å². The highest BCUT2D eigenvalue weighted by Gasteiger charge is 2.54. The Bertz CT molecular complexity index is 3960. The molecular weight excluding hydrogens is 1310 g/mol. The van der Waals surface area contributed by atoms with Crippen LogP contribution in [0.5, 0.6) is 0 Å². The molecule has 16 nitrogen and oxygen atoms in total. The van der Waals surface area contributed by atoms with E-state index in [2.05, 4.69) is 0 Å². The maximum absolute atomic E-state index is 12.4. The van der Waals surface area contributed by atoms with E-state index in [9.17, 15) is 5.11 Å². The van der Waals surface area contributed by atoms with Gasteiger partial charge in [0, 0.05) is 0 Å². The van der Waals surface area contributed by atoms with Gasteiger partial charge in [0.15, 0.2) is 18.9 Å². The first-order valence-corrected chi connectivity index (χ1v) is 35.9. The van der Waals surface area contributed by atoms with Crippen LogP contribution in [0.4, 0.5) is 0 Å². The standard InChI is InChI=1S/C88H92O16/c89-86-83(97-58-71-45-25-8-26-46-71)80(94-55-68-39-19-5-20-40-68)78(92-53-66-35-15-3-16-36-66)75(102-86)62-100-88-85(99-60-73-49-29-10-30-50-73)82(96-57-70-43-23-7-24-44-70)79(93-54-67-37-17-4-18-38-67)76(104-88)63-101-87-84(98-59-72-47-27-9-28-48-72)81(95-56-69-41-21-6-22-42-69)77(91-52-65-33-13-2-14-34-65)74(103-87)61-90-51-64-31-11-1-12-32-64/h1-50,74-89H,51-63H2/t74-,75-,76-,77-,78-,79-,80+,81+,82+,83-,84-,85-,86+,87+,88+/m1/s1. The number of rotatable bonds is 37. The first-order chi connectivity index (χ1) is 51.5. The van der Waals surface area contributed by atoms with Crippen LogP contribution in [0.25, 0.3) is 0 Å². The summed E-state index contributed by atoms with van der Waals surface area (Å²) in [4.78, 5) is 0. The molecule has 0 unspecified atom stereocenters. The summed E-state index contributed by atoms with van der Waals surface area (Å²) in [6.45, 7) is 1.69. The lowest BCUT2D eigenvalue weighted by atomic mass is 9.96. The summed E-state index contributed by atoms with van der Waals surface area (Å²) >= 11 is 0. The van der Waals surface area contributed by atoms with Crippen molar-refractivity contribution in [3.8, 4) is 0 Å². The molecule has 3 saturated heterocycles. The number of hydrogen-bond acceptors (Lipinski definition) is 16. The highest BCUT2D eigenvalue weighted by molar-refractivity contribution is 5.22. The van der Waals surface area contributed by atoms with Crippen molar-refractivity contribution >= 4 is 0 Å². The fourth-order valence-electron chi connectivity index (χ4n) is 13.2. The molecule has 3 fully saturated rings. The van der Waals surface area contributed by atoms with E-state index >= 15 is 0 Å². The van der Waals surface area contributed by atoms with Crippen molar-refractivity contribution in [1.82, 2.24) is 0 Å². The Morgan fingerprint density at radius 2 is 0.385 bits per heavy atom. The van der Waals surface area contributed by atoms with Crippen LogP contribution in [-0.2, 0) is 137 Å². The third kappa shape index (κ3) is 21.6. The Balaban J connectivity index is 0.872. The van der Waals surface area contributed by atoms with Crippen LogP contribution >= 0.6 is 0 Å². The maximum Gasteiger partial charge on any atom is 0.187 e. The van der Waals surface area contributed by atoms with E-state index in [1.54, 1.807) is 0 Å². The lowest BCUT2D eigenvalue weighted by molar-refractivity contribution is -0.361. The zero-order valence-corrected chi connectivity index (χ0v) is 58.3. The minimum atomic E-state index is -1.50. The summed E-state index contributed by atoms with van der Waals surface area (Å²) in [5.41, 5.74) is 9.33. The second-order valence-corrected chi connectivity index (χ2v) is 26.2. The summed E-state index contributed by atoms with van der Waals surface area (Å²) in [6.07, 6.45) is -14.6. The minimum Gasteiger partial charge on any atom is -0.374 e. The number of benzene rings is 10. The Morgan fingerprint density at radius 3 is 0.644 bits per heavy atom. The molecule has 0 saturated carbocycles. The largest absolute Gasteiger partial charge is 0.374 e. The van der Waals surface area contributed by atoms with Crippen molar-refractivity contribution in [1.29, 1.82) is 0 Å². The normalized spacial score (nSPS) is 24.8. The molecule has 16 heteroatoms. The molecule has 0 radical (unpaired) electrons. The summed E-state index contributed by atoms with van der Waals surface area (Å²) < 4.78 is 106. The van der Waals surface area contributed by atoms with Crippen molar-refractivity contribution < 1.29 is 76.2 Å². The van der Waals surface area contributed by atoms with Gasteiger partial charge in [0.1, 0.15) is 73.2 Å². The molecule has 10 aromatic carbocycles. The number of ether oxygens (including phenoxy) is 15. The van der Waals surface area contributed by atoms with Gasteiger partial charge in [-0.3, -0.25) is 0 Å². The highest BCUT2D eigenvalue weighted by Crippen LogP contribution is 2.37. The summed E-state index contributed by atoms with van der Waals surface area (Å²) in [5.74, 6) is 0. The molecule has 15 atom stereocenters. The first-order valence-electron chi connectivity index (χ1n) is 35.9. The van der Waals surface area contributed by atoms with E-state index in [0.717, 1.165) is 55.6 Å². The van der Waals surface area contributed by atoms with Crippen LogP contribution in [-0.4, -0.2) is 117 Å². The van der Waals surface area contributed by atoms with Gasteiger partial charge in [0.2, 0.25) is 0 Å². The zero-order valence-electron chi connectivity index (χ0n) is 58.3. The number of aliphatic hydroxyl groups is 1. The van der Waals surface area contributed by atoms with Crippen molar-refractivity contribution in [2.45, 2.75) is 158 Å². The quantitative estimate of drug-likeness (QED) is 0.0392. The van der Waals surface area contributed by atoms with Gasteiger partial charge in [-0.1, -0.05) is 303 Å². The predicted octanol–water partition coefficient (Wildman–Crippen LogP) is 14.7. The van der Waals surface area contributed by atoms with E-state index in [1.165, 1.54) is 0 Å². The van der Waals surface area contributed by atoms with Gasteiger partial charge in [0.05, 0.1) is 85.9 Å². The van der Waals surface area contributed by atoms with Gasteiger partial charge in [-0.2, -0.15) is 0 Å². The highest BCUT2D eigenvalue weighted by atomic mass is 16.8. The van der Waals surface area contributed by atoms with Crippen molar-refractivity contribution in [2.75, 3.05) is 19.8 Å².